The van der Waals surface area contributed by atoms with Crippen LogP contribution in [0.15, 0.2) is 29.2 Å². The van der Waals surface area contributed by atoms with Gasteiger partial charge in [0.25, 0.3) is 0 Å². The summed E-state index contributed by atoms with van der Waals surface area (Å²) in [6.45, 7) is 6.71. The number of ether oxygens (including phenoxy) is 1. The molecule has 1 aliphatic heterocycles. The van der Waals surface area contributed by atoms with Crippen molar-refractivity contribution in [1.82, 2.24) is 0 Å². The predicted molar refractivity (Wildman–Crippen MR) is 75.9 cm³/mol. The summed E-state index contributed by atoms with van der Waals surface area (Å²) < 4.78 is 30.5. The molecule has 106 valence electrons. The zero-order valence-electron chi connectivity index (χ0n) is 11.8. The molecule has 0 bridgehead atoms. The predicted octanol–water partition coefficient (Wildman–Crippen LogP) is 2.83. The molecule has 1 aliphatic rings. The summed E-state index contributed by atoms with van der Waals surface area (Å²) in [4.78, 5) is 0.423. The van der Waals surface area contributed by atoms with E-state index in [0.29, 0.717) is 17.4 Å². The van der Waals surface area contributed by atoms with Crippen molar-refractivity contribution in [3.8, 4) is 0 Å². The number of aryl methyl sites for hydroxylation is 1. The Balaban J connectivity index is 2.19. The zero-order valence-corrected chi connectivity index (χ0v) is 12.6. The van der Waals surface area contributed by atoms with Crippen LogP contribution in [0.2, 0.25) is 0 Å². The van der Waals surface area contributed by atoms with Crippen molar-refractivity contribution in [2.24, 2.45) is 11.8 Å². The van der Waals surface area contributed by atoms with Crippen molar-refractivity contribution >= 4 is 9.84 Å². The zero-order chi connectivity index (χ0) is 14.0. The highest BCUT2D eigenvalue weighted by Crippen LogP contribution is 2.32. The van der Waals surface area contributed by atoms with Crippen LogP contribution in [0.25, 0.3) is 0 Å². The number of benzene rings is 1. The molecule has 0 aromatic heterocycles. The Morgan fingerprint density at radius 3 is 2.47 bits per heavy atom. The Kier molecular flexibility index (Phi) is 4.31. The van der Waals surface area contributed by atoms with Crippen molar-refractivity contribution in [2.45, 2.75) is 38.2 Å². The molecular weight excluding hydrogens is 260 g/mol. The van der Waals surface area contributed by atoms with Crippen molar-refractivity contribution in [3.63, 3.8) is 0 Å². The Hall–Kier alpha value is -0.870. The summed E-state index contributed by atoms with van der Waals surface area (Å²) in [5.74, 6) is 0.655. The fourth-order valence-electron chi connectivity index (χ4n) is 2.69. The van der Waals surface area contributed by atoms with Crippen LogP contribution < -0.4 is 0 Å². The second-order valence-electron chi connectivity index (χ2n) is 5.47. The smallest absolute Gasteiger partial charge is 0.178 e. The monoisotopic (exact) mass is 282 g/mol. The third kappa shape index (κ3) is 3.18. The van der Waals surface area contributed by atoms with E-state index in [0.717, 1.165) is 12.0 Å². The minimum atomic E-state index is -3.22. The molecule has 1 aromatic rings. The molecule has 2 rings (SSSR count). The van der Waals surface area contributed by atoms with E-state index in [4.69, 9.17) is 4.74 Å². The molecule has 0 amide bonds. The number of hydrogen-bond acceptors (Lipinski definition) is 3. The van der Waals surface area contributed by atoms with Crippen LogP contribution in [0, 0.1) is 18.8 Å². The first-order chi connectivity index (χ1) is 8.94. The molecule has 3 nitrogen and oxygen atoms in total. The van der Waals surface area contributed by atoms with Gasteiger partial charge in [0, 0.05) is 5.92 Å². The van der Waals surface area contributed by atoms with Crippen molar-refractivity contribution in [2.75, 3.05) is 12.4 Å². The molecular formula is C15H22O3S. The average molecular weight is 282 g/mol. The molecule has 1 fully saturated rings. The van der Waals surface area contributed by atoms with Gasteiger partial charge in [-0.25, -0.2) is 8.42 Å². The molecule has 0 unspecified atom stereocenters. The standard InChI is InChI=1S/C15H22O3S/c1-4-13-9-18-12(3)15(13)10-19(16,17)14-7-5-11(2)6-8-14/h5-8,12-13,15H,4,9-10H2,1-3H3/t12-,13+,15-/m0/s1. The molecule has 0 N–H and O–H groups in total. The molecule has 1 saturated heterocycles. The second-order valence-corrected chi connectivity index (χ2v) is 7.50. The fraction of sp³-hybridized carbons (Fsp3) is 0.600. The maximum Gasteiger partial charge on any atom is 0.178 e. The topological polar surface area (TPSA) is 43.4 Å². The van der Waals surface area contributed by atoms with E-state index in [2.05, 4.69) is 6.92 Å². The Bertz CT molecular complexity index is 519. The molecule has 1 heterocycles. The van der Waals surface area contributed by atoms with Crippen LogP contribution in [0.1, 0.15) is 25.8 Å². The van der Waals surface area contributed by atoms with E-state index in [1.54, 1.807) is 12.1 Å². The third-order valence-corrected chi connectivity index (χ3v) is 5.91. The maximum absolute atomic E-state index is 12.5. The van der Waals surface area contributed by atoms with Crippen LogP contribution in [-0.4, -0.2) is 26.9 Å². The molecule has 0 saturated carbocycles. The van der Waals surface area contributed by atoms with Gasteiger partial charge in [-0.1, -0.05) is 31.0 Å². The van der Waals surface area contributed by atoms with E-state index in [1.165, 1.54) is 0 Å². The summed E-state index contributed by atoms with van der Waals surface area (Å²) in [6.07, 6.45) is 1.00. The Morgan fingerprint density at radius 2 is 1.89 bits per heavy atom. The largest absolute Gasteiger partial charge is 0.378 e. The number of hydrogen-bond donors (Lipinski definition) is 0. The first-order valence-corrected chi connectivity index (χ1v) is 8.50. The van der Waals surface area contributed by atoms with Crippen molar-refractivity contribution in [1.29, 1.82) is 0 Å². The summed E-state index contributed by atoms with van der Waals surface area (Å²) in [5, 5.41) is 0. The van der Waals surface area contributed by atoms with Crippen LogP contribution in [0.5, 0.6) is 0 Å². The van der Waals surface area contributed by atoms with E-state index < -0.39 is 9.84 Å². The highest BCUT2D eigenvalue weighted by atomic mass is 32.2. The van der Waals surface area contributed by atoms with Gasteiger partial charge in [0.1, 0.15) is 0 Å². The highest BCUT2D eigenvalue weighted by molar-refractivity contribution is 7.91. The lowest BCUT2D eigenvalue weighted by atomic mass is 9.91. The summed E-state index contributed by atoms with van der Waals surface area (Å²) in [7, 11) is -3.22. The van der Waals surface area contributed by atoms with E-state index in [9.17, 15) is 8.42 Å². The normalized spacial score (nSPS) is 27.6. The van der Waals surface area contributed by atoms with Gasteiger partial charge in [0.05, 0.1) is 23.4 Å². The molecule has 4 heteroatoms. The molecule has 19 heavy (non-hydrogen) atoms. The average Bonchev–Trinajstić information content (AvgIpc) is 2.70. The lowest BCUT2D eigenvalue weighted by molar-refractivity contribution is 0.108. The molecule has 0 aliphatic carbocycles. The second kappa shape index (κ2) is 5.63. The minimum absolute atomic E-state index is 0.0326. The molecule has 3 atom stereocenters. The SMILES string of the molecule is CC[C@@H]1CO[C@@H](C)[C@@H]1CS(=O)(=O)c1ccc(C)cc1. The van der Waals surface area contributed by atoms with Gasteiger partial charge in [0.2, 0.25) is 0 Å². The van der Waals surface area contributed by atoms with Crippen LogP contribution in [-0.2, 0) is 14.6 Å². The van der Waals surface area contributed by atoms with Gasteiger partial charge in [0.15, 0.2) is 9.84 Å². The third-order valence-electron chi connectivity index (χ3n) is 4.10. The van der Waals surface area contributed by atoms with Gasteiger partial charge in [-0.05, 0) is 31.9 Å². The van der Waals surface area contributed by atoms with E-state index >= 15 is 0 Å². The lowest BCUT2D eigenvalue weighted by Crippen LogP contribution is -2.26. The first-order valence-electron chi connectivity index (χ1n) is 6.85. The molecule has 0 spiro atoms. The van der Waals surface area contributed by atoms with Gasteiger partial charge in [-0.15, -0.1) is 0 Å². The summed E-state index contributed by atoms with van der Waals surface area (Å²) in [6, 6.07) is 7.09. The van der Waals surface area contributed by atoms with E-state index in [1.807, 2.05) is 26.0 Å². The van der Waals surface area contributed by atoms with Crippen molar-refractivity contribution < 1.29 is 13.2 Å². The molecule has 0 radical (unpaired) electrons. The van der Waals surface area contributed by atoms with Crippen molar-refractivity contribution in [3.05, 3.63) is 29.8 Å². The quantitative estimate of drug-likeness (QED) is 0.853. The summed E-state index contributed by atoms with van der Waals surface area (Å²) in [5.41, 5.74) is 1.07. The van der Waals surface area contributed by atoms with Crippen LogP contribution in [0.4, 0.5) is 0 Å². The Morgan fingerprint density at radius 1 is 1.26 bits per heavy atom. The maximum atomic E-state index is 12.5. The van der Waals surface area contributed by atoms with Gasteiger partial charge in [-0.2, -0.15) is 0 Å². The minimum Gasteiger partial charge on any atom is -0.378 e. The highest BCUT2D eigenvalue weighted by Gasteiger charge is 2.36. The van der Waals surface area contributed by atoms with Gasteiger partial charge in [-0.3, -0.25) is 0 Å². The lowest BCUT2D eigenvalue weighted by Gasteiger charge is -2.19. The number of rotatable bonds is 4. The van der Waals surface area contributed by atoms with E-state index in [-0.39, 0.29) is 17.8 Å². The van der Waals surface area contributed by atoms with Gasteiger partial charge < -0.3 is 4.74 Å². The summed E-state index contributed by atoms with van der Waals surface area (Å²) >= 11 is 0. The molecule has 1 aromatic carbocycles. The fourth-order valence-corrected chi connectivity index (χ4v) is 4.49. The number of sulfone groups is 1. The van der Waals surface area contributed by atoms with Gasteiger partial charge >= 0.3 is 0 Å². The Labute approximate surface area is 115 Å². The van der Waals surface area contributed by atoms with Crippen LogP contribution in [0.3, 0.4) is 0 Å². The van der Waals surface area contributed by atoms with Crippen LogP contribution >= 0.6 is 0 Å². The first kappa shape index (κ1) is 14.5.